The molecular weight excluding hydrogens is 374 g/mol. The molecule has 2 aromatic rings. The Morgan fingerprint density at radius 2 is 1.96 bits per heavy atom. The number of fused-ring (bicyclic) bond motifs is 1. The Labute approximate surface area is 159 Å². The highest BCUT2D eigenvalue weighted by atomic mass is 35.5. The van der Waals surface area contributed by atoms with Crippen LogP contribution >= 0.6 is 11.6 Å². The monoisotopic (exact) mass is 395 g/mol. The first-order valence-corrected chi connectivity index (χ1v) is 10.7. The maximum atomic E-state index is 13.0. The highest BCUT2D eigenvalue weighted by Crippen LogP contribution is 2.36. The van der Waals surface area contributed by atoms with Crippen LogP contribution in [0.4, 0.5) is 0 Å². The van der Waals surface area contributed by atoms with Crippen molar-refractivity contribution in [3.05, 3.63) is 58.9 Å². The third-order valence-corrected chi connectivity index (χ3v) is 6.36. The van der Waals surface area contributed by atoms with Crippen LogP contribution in [0.2, 0.25) is 5.02 Å². The Hall–Kier alpha value is -1.83. The summed E-state index contributed by atoms with van der Waals surface area (Å²) in [4.78, 5) is 14.7. The van der Waals surface area contributed by atoms with Crippen molar-refractivity contribution >= 4 is 27.5 Å². The Morgan fingerprint density at radius 3 is 2.62 bits per heavy atom. The quantitative estimate of drug-likeness (QED) is 0.780. The molecule has 1 aromatic heterocycles. The first-order chi connectivity index (χ1) is 12.3. The van der Waals surface area contributed by atoms with E-state index in [-0.39, 0.29) is 25.0 Å². The van der Waals surface area contributed by atoms with Crippen LogP contribution in [0.25, 0.3) is 0 Å². The molecule has 1 amide bonds. The lowest BCUT2D eigenvalue weighted by Gasteiger charge is -2.38. The number of halogens is 1. The normalized spacial score (nSPS) is 17.4. The maximum Gasteiger partial charge on any atom is 0.238 e. The van der Waals surface area contributed by atoms with Gasteiger partial charge in [0.1, 0.15) is 0 Å². The van der Waals surface area contributed by atoms with Crippen molar-refractivity contribution in [1.82, 2.24) is 13.8 Å². The minimum atomic E-state index is -3.43. The van der Waals surface area contributed by atoms with Gasteiger partial charge in [0.05, 0.1) is 18.8 Å². The number of nitrogens with zero attached hydrogens (tertiary/aromatic N) is 3. The van der Waals surface area contributed by atoms with Crippen LogP contribution in [0, 0.1) is 0 Å². The summed E-state index contributed by atoms with van der Waals surface area (Å²) in [5, 5.41) is 0.584. The summed E-state index contributed by atoms with van der Waals surface area (Å²) in [7, 11) is -3.43. The van der Waals surface area contributed by atoms with E-state index in [2.05, 4.69) is 4.57 Å². The Bertz CT molecular complexity index is 910. The summed E-state index contributed by atoms with van der Waals surface area (Å²) < 4.78 is 27.0. The molecule has 1 atom stereocenters. The van der Waals surface area contributed by atoms with Gasteiger partial charge < -0.3 is 9.47 Å². The number of sulfonamides is 1. The molecule has 1 aliphatic heterocycles. The smallest absolute Gasteiger partial charge is 0.238 e. The van der Waals surface area contributed by atoms with E-state index < -0.39 is 10.0 Å². The minimum absolute atomic E-state index is 0.170. The molecule has 0 N–H and O–H groups in total. The van der Waals surface area contributed by atoms with Gasteiger partial charge in [0.25, 0.3) is 0 Å². The Kier molecular flexibility index (Phi) is 5.41. The number of hydrogen-bond acceptors (Lipinski definition) is 3. The summed E-state index contributed by atoms with van der Waals surface area (Å²) in [5.74, 6) is -0.227. The zero-order valence-corrected chi connectivity index (χ0v) is 16.4. The van der Waals surface area contributed by atoms with E-state index in [0.717, 1.165) is 17.5 Å². The summed E-state index contributed by atoms with van der Waals surface area (Å²) in [6.07, 6.45) is 3.10. The molecule has 0 saturated carbocycles. The zero-order chi connectivity index (χ0) is 18.9. The van der Waals surface area contributed by atoms with E-state index in [1.807, 2.05) is 36.5 Å². The SMILES string of the molecule is CCN(CC(=O)N1CCn2cccc2[C@@H]1c1ccccc1Cl)S(C)(=O)=O. The van der Waals surface area contributed by atoms with E-state index in [0.29, 0.717) is 18.1 Å². The molecule has 140 valence electrons. The second-order valence-electron chi connectivity index (χ2n) is 6.33. The molecule has 3 rings (SSSR count). The molecule has 26 heavy (non-hydrogen) atoms. The van der Waals surface area contributed by atoms with Crippen LogP contribution in [0.15, 0.2) is 42.6 Å². The van der Waals surface area contributed by atoms with Crippen LogP contribution in [0.5, 0.6) is 0 Å². The molecule has 6 nitrogen and oxygen atoms in total. The fourth-order valence-corrected chi connectivity index (χ4v) is 4.43. The summed E-state index contributed by atoms with van der Waals surface area (Å²) in [6.45, 7) is 2.97. The molecule has 0 spiro atoms. The molecule has 0 saturated heterocycles. The molecule has 8 heteroatoms. The van der Waals surface area contributed by atoms with Gasteiger partial charge in [0.2, 0.25) is 15.9 Å². The Balaban J connectivity index is 1.98. The number of aromatic nitrogens is 1. The van der Waals surface area contributed by atoms with Gasteiger partial charge >= 0.3 is 0 Å². The molecule has 1 aromatic carbocycles. The third-order valence-electron chi connectivity index (χ3n) is 4.69. The van der Waals surface area contributed by atoms with Gasteiger partial charge in [-0.1, -0.05) is 36.7 Å². The van der Waals surface area contributed by atoms with Crippen LogP contribution in [0.3, 0.4) is 0 Å². The molecule has 0 unspecified atom stereocenters. The van der Waals surface area contributed by atoms with Gasteiger partial charge in [-0.05, 0) is 23.8 Å². The van der Waals surface area contributed by atoms with E-state index in [1.165, 1.54) is 4.31 Å². The van der Waals surface area contributed by atoms with Crippen LogP contribution in [0.1, 0.15) is 24.2 Å². The van der Waals surface area contributed by atoms with Gasteiger partial charge in [0, 0.05) is 36.5 Å². The van der Waals surface area contributed by atoms with Crippen molar-refractivity contribution in [2.24, 2.45) is 0 Å². The number of hydrogen-bond donors (Lipinski definition) is 0. The van der Waals surface area contributed by atoms with Crippen molar-refractivity contribution in [2.75, 3.05) is 25.9 Å². The fourth-order valence-electron chi connectivity index (χ4n) is 3.38. The van der Waals surface area contributed by atoms with Crippen molar-refractivity contribution in [3.8, 4) is 0 Å². The minimum Gasteiger partial charge on any atom is -0.348 e. The third kappa shape index (κ3) is 3.65. The first kappa shape index (κ1) is 18.9. The second kappa shape index (κ2) is 7.42. The average molecular weight is 396 g/mol. The number of benzene rings is 1. The average Bonchev–Trinajstić information content (AvgIpc) is 3.07. The number of carbonyl (C=O) groups is 1. The lowest BCUT2D eigenvalue weighted by Crippen LogP contribution is -2.47. The molecular formula is C18H22ClN3O3S. The number of likely N-dealkylation sites (N-methyl/N-ethyl adjacent to an activating group) is 1. The molecule has 2 heterocycles. The van der Waals surface area contributed by atoms with Crippen LogP contribution < -0.4 is 0 Å². The number of rotatable bonds is 5. The first-order valence-electron chi connectivity index (χ1n) is 8.47. The standard InChI is InChI=1S/C18H22ClN3O3S/c1-3-21(26(2,24)25)13-17(23)22-12-11-20-10-6-9-16(20)18(22)14-7-4-5-8-15(14)19/h4-10,18H,3,11-13H2,1-2H3/t18-/m0/s1. The predicted octanol–water partition coefficient (Wildman–Crippen LogP) is 2.35. The topological polar surface area (TPSA) is 62.6 Å². The lowest BCUT2D eigenvalue weighted by atomic mass is 9.99. The Morgan fingerprint density at radius 1 is 1.23 bits per heavy atom. The second-order valence-corrected chi connectivity index (χ2v) is 8.72. The summed E-state index contributed by atoms with van der Waals surface area (Å²) in [6, 6.07) is 11.0. The van der Waals surface area contributed by atoms with Crippen molar-refractivity contribution in [2.45, 2.75) is 19.5 Å². The molecule has 0 bridgehead atoms. The van der Waals surface area contributed by atoms with Gasteiger partial charge in [-0.2, -0.15) is 4.31 Å². The van der Waals surface area contributed by atoms with Gasteiger partial charge in [-0.15, -0.1) is 0 Å². The van der Waals surface area contributed by atoms with E-state index in [4.69, 9.17) is 11.6 Å². The molecule has 0 radical (unpaired) electrons. The van der Waals surface area contributed by atoms with Gasteiger partial charge in [0.15, 0.2) is 0 Å². The van der Waals surface area contributed by atoms with Gasteiger partial charge in [-0.3, -0.25) is 4.79 Å². The zero-order valence-electron chi connectivity index (χ0n) is 14.8. The molecule has 0 fully saturated rings. The molecule has 1 aliphatic rings. The predicted molar refractivity (Wildman–Crippen MR) is 102 cm³/mol. The van der Waals surface area contributed by atoms with Crippen molar-refractivity contribution in [1.29, 1.82) is 0 Å². The fraction of sp³-hybridized carbons (Fsp3) is 0.389. The largest absolute Gasteiger partial charge is 0.348 e. The summed E-state index contributed by atoms with van der Waals surface area (Å²) >= 11 is 6.41. The summed E-state index contributed by atoms with van der Waals surface area (Å²) in [5.41, 5.74) is 1.81. The van der Waals surface area contributed by atoms with Crippen LogP contribution in [-0.2, 0) is 21.4 Å². The van der Waals surface area contributed by atoms with Crippen molar-refractivity contribution in [3.63, 3.8) is 0 Å². The lowest BCUT2D eigenvalue weighted by molar-refractivity contribution is -0.134. The van der Waals surface area contributed by atoms with Crippen molar-refractivity contribution < 1.29 is 13.2 Å². The number of carbonyl (C=O) groups excluding carboxylic acids is 1. The maximum absolute atomic E-state index is 13.0. The highest BCUT2D eigenvalue weighted by molar-refractivity contribution is 7.88. The van der Waals surface area contributed by atoms with E-state index >= 15 is 0 Å². The van der Waals surface area contributed by atoms with Gasteiger partial charge in [-0.25, -0.2) is 8.42 Å². The van der Waals surface area contributed by atoms with E-state index in [1.54, 1.807) is 17.9 Å². The van der Waals surface area contributed by atoms with E-state index in [9.17, 15) is 13.2 Å². The number of amides is 1. The van der Waals surface area contributed by atoms with Crippen LogP contribution in [-0.4, -0.2) is 54.0 Å². The highest BCUT2D eigenvalue weighted by Gasteiger charge is 2.34. The molecule has 0 aliphatic carbocycles.